The summed E-state index contributed by atoms with van der Waals surface area (Å²) in [4.78, 5) is 5.37. The van der Waals surface area contributed by atoms with Gasteiger partial charge in [0.25, 0.3) is 0 Å². The molecule has 2 aromatic heterocycles. The second kappa shape index (κ2) is 14.1. The first-order valence-corrected chi connectivity index (χ1v) is 18.9. The molecule has 6 rings (SSSR count). The second-order valence-electron chi connectivity index (χ2n) is 10.3. The first-order chi connectivity index (χ1) is 22.9. The average Bonchev–Trinajstić information content (AvgIpc) is 3.67. The van der Waals surface area contributed by atoms with Crippen LogP contribution >= 0.6 is 62.3 Å². The zero-order valence-electron chi connectivity index (χ0n) is 24.0. The standard InChI is InChI=1S/C16H8Cl2F2N2O2S.C15H8BrCl2F2NO2S/c17-11-2-1-9-15(6-22-16(9)10(11)5-21)25(23,24)7-8-3-14(20)12(18)4-13(8)19;16-14-9(17)2-1-8-13(5-21-15(8)14)24(22,23)6-7-3-12(20)10(18)4-11(7)19/h1-4,6,22H,7H2;1-5,21H,6H2. The van der Waals surface area contributed by atoms with Gasteiger partial charge in [0.1, 0.15) is 29.3 Å². The van der Waals surface area contributed by atoms with E-state index in [2.05, 4.69) is 25.9 Å². The van der Waals surface area contributed by atoms with E-state index in [1.807, 2.05) is 6.07 Å². The smallest absolute Gasteiger partial charge is 0.184 e. The van der Waals surface area contributed by atoms with Crippen molar-refractivity contribution in [3.63, 3.8) is 0 Å². The van der Waals surface area contributed by atoms with E-state index in [4.69, 9.17) is 51.7 Å². The van der Waals surface area contributed by atoms with E-state index in [1.54, 1.807) is 12.1 Å². The number of hydrogen-bond donors (Lipinski definition) is 2. The molecule has 18 heteroatoms. The Hall–Kier alpha value is -3.29. The van der Waals surface area contributed by atoms with Crippen molar-refractivity contribution < 1.29 is 34.4 Å². The highest BCUT2D eigenvalue weighted by Gasteiger charge is 2.25. The molecule has 0 aliphatic heterocycles. The molecular weight excluding hydrogens is 840 g/mol. The molecule has 0 amide bonds. The number of benzene rings is 4. The minimum Gasteiger partial charge on any atom is -0.359 e. The Balaban J connectivity index is 0.000000191. The van der Waals surface area contributed by atoms with Crippen LogP contribution in [0.4, 0.5) is 17.6 Å². The molecule has 0 saturated carbocycles. The molecule has 0 saturated heterocycles. The Morgan fingerprint density at radius 2 is 1.06 bits per heavy atom. The van der Waals surface area contributed by atoms with E-state index in [0.717, 1.165) is 24.3 Å². The molecule has 0 radical (unpaired) electrons. The van der Waals surface area contributed by atoms with Crippen LogP contribution in [0.15, 0.2) is 75.2 Å². The Kier molecular flexibility index (Phi) is 10.7. The lowest BCUT2D eigenvalue weighted by Gasteiger charge is -2.06. The van der Waals surface area contributed by atoms with Gasteiger partial charge in [0.2, 0.25) is 0 Å². The highest BCUT2D eigenvalue weighted by molar-refractivity contribution is 9.10. The quantitative estimate of drug-likeness (QED) is 0.128. The molecule has 0 fully saturated rings. The Morgan fingerprint density at radius 3 is 1.53 bits per heavy atom. The minimum atomic E-state index is -4.02. The molecule has 4 aromatic carbocycles. The van der Waals surface area contributed by atoms with Crippen molar-refractivity contribution in [1.82, 2.24) is 9.97 Å². The zero-order valence-corrected chi connectivity index (χ0v) is 30.2. The molecule has 0 atom stereocenters. The lowest BCUT2D eigenvalue weighted by molar-refractivity contribution is 0.578. The number of aromatic amines is 2. The molecule has 49 heavy (non-hydrogen) atoms. The van der Waals surface area contributed by atoms with Crippen LogP contribution in [0.2, 0.25) is 20.1 Å². The molecule has 2 N–H and O–H groups in total. The number of nitrogens with zero attached hydrogens (tertiary/aromatic N) is 1. The number of rotatable bonds is 6. The third-order valence-electron chi connectivity index (χ3n) is 7.13. The van der Waals surface area contributed by atoms with E-state index in [0.29, 0.717) is 20.4 Å². The third kappa shape index (κ3) is 7.44. The van der Waals surface area contributed by atoms with Crippen LogP contribution in [0.25, 0.3) is 21.8 Å². The molecule has 2 heterocycles. The Labute approximate surface area is 304 Å². The van der Waals surface area contributed by atoms with Gasteiger partial charge in [-0.05, 0) is 64.5 Å². The number of halogens is 9. The van der Waals surface area contributed by atoms with Gasteiger partial charge in [-0.25, -0.2) is 34.4 Å². The Morgan fingerprint density at radius 1 is 0.633 bits per heavy atom. The largest absolute Gasteiger partial charge is 0.359 e. The first-order valence-electron chi connectivity index (χ1n) is 13.3. The number of sulfone groups is 2. The number of H-pyrrole nitrogens is 2. The van der Waals surface area contributed by atoms with Crippen LogP contribution < -0.4 is 0 Å². The van der Waals surface area contributed by atoms with Crippen LogP contribution in [-0.2, 0) is 31.2 Å². The molecule has 0 unspecified atom stereocenters. The summed E-state index contributed by atoms with van der Waals surface area (Å²) in [5.41, 5.74) is 0.231. The van der Waals surface area contributed by atoms with Gasteiger partial charge >= 0.3 is 0 Å². The molecule has 0 aliphatic rings. The van der Waals surface area contributed by atoms with Crippen molar-refractivity contribution in [2.24, 2.45) is 0 Å². The van der Waals surface area contributed by atoms with Crippen molar-refractivity contribution in [2.75, 3.05) is 0 Å². The molecule has 0 spiro atoms. The summed E-state index contributed by atoms with van der Waals surface area (Å²) in [5, 5.41) is 9.55. The van der Waals surface area contributed by atoms with Gasteiger partial charge in [-0.1, -0.05) is 46.4 Å². The van der Waals surface area contributed by atoms with Crippen molar-refractivity contribution in [2.45, 2.75) is 21.3 Å². The molecule has 7 nitrogen and oxygen atoms in total. The number of fused-ring (bicyclic) bond motifs is 2. The van der Waals surface area contributed by atoms with Crippen LogP contribution in [0.1, 0.15) is 16.7 Å². The highest BCUT2D eigenvalue weighted by atomic mass is 79.9. The van der Waals surface area contributed by atoms with Crippen LogP contribution in [0, 0.1) is 34.6 Å². The molecule has 0 bridgehead atoms. The fraction of sp³-hybridized carbons (Fsp3) is 0.0645. The van der Waals surface area contributed by atoms with E-state index in [1.165, 1.54) is 24.5 Å². The lowest BCUT2D eigenvalue weighted by Crippen LogP contribution is -2.06. The maximum absolute atomic E-state index is 13.9. The lowest BCUT2D eigenvalue weighted by atomic mass is 10.1. The summed E-state index contributed by atoms with van der Waals surface area (Å²) in [7, 11) is -7.94. The van der Waals surface area contributed by atoms with Crippen LogP contribution in [-0.4, -0.2) is 26.8 Å². The van der Waals surface area contributed by atoms with E-state index in [9.17, 15) is 34.4 Å². The van der Waals surface area contributed by atoms with E-state index in [-0.39, 0.29) is 42.4 Å². The third-order valence-corrected chi connectivity index (χ3v) is 12.8. The van der Waals surface area contributed by atoms with Gasteiger partial charge in [-0.3, -0.25) is 0 Å². The van der Waals surface area contributed by atoms with E-state index >= 15 is 0 Å². The molecule has 0 aliphatic carbocycles. The summed E-state index contributed by atoms with van der Waals surface area (Å²) in [6, 6.07) is 10.9. The zero-order chi connectivity index (χ0) is 36.0. The summed E-state index contributed by atoms with van der Waals surface area (Å²) in [6.45, 7) is 0. The van der Waals surface area contributed by atoms with Gasteiger partial charge < -0.3 is 9.97 Å². The van der Waals surface area contributed by atoms with Crippen molar-refractivity contribution in [1.29, 1.82) is 5.26 Å². The number of aromatic nitrogens is 2. The summed E-state index contributed by atoms with van der Waals surface area (Å²) >= 11 is 26.1. The molecule has 6 aromatic rings. The Bertz CT molecular complexity index is 2570. The number of hydrogen-bond acceptors (Lipinski definition) is 5. The average molecular weight is 856 g/mol. The summed E-state index contributed by atoms with van der Waals surface area (Å²) in [5.74, 6) is -5.04. The normalized spacial score (nSPS) is 11.8. The van der Waals surface area contributed by atoms with Crippen molar-refractivity contribution >= 4 is 104 Å². The predicted molar refractivity (Wildman–Crippen MR) is 184 cm³/mol. The summed E-state index contributed by atoms with van der Waals surface area (Å²) < 4.78 is 106. The van der Waals surface area contributed by atoms with Gasteiger partial charge in [0, 0.05) is 34.3 Å². The van der Waals surface area contributed by atoms with Crippen molar-refractivity contribution in [3.05, 3.63) is 125 Å². The number of nitriles is 1. The van der Waals surface area contributed by atoms with Gasteiger partial charge in [-0.15, -0.1) is 0 Å². The molecular formula is C31H16BrCl4F4N3O4S2. The maximum atomic E-state index is 13.9. The fourth-order valence-corrected chi connectivity index (χ4v) is 8.98. The molecule has 254 valence electrons. The van der Waals surface area contributed by atoms with E-state index < -0.39 is 64.5 Å². The maximum Gasteiger partial charge on any atom is 0.184 e. The first kappa shape index (κ1) is 37.0. The highest BCUT2D eigenvalue weighted by Crippen LogP contribution is 2.35. The van der Waals surface area contributed by atoms with Crippen molar-refractivity contribution in [3.8, 4) is 6.07 Å². The predicted octanol–water partition coefficient (Wildman–Crippen LogP) is 10.1. The SMILES string of the molecule is N#Cc1c(Cl)ccc2c(S(=O)(=O)Cc3cc(F)c(Cl)cc3F)c[nH]c12.O=S(=O)(Cc1cc(F)c(Cl)cc1F)c1c[nH]c2c(Br)c(Cl)ccc12. The topological polar surface area (TPSA) is 124 Å². The monoisotopic (exact) mass is 853 g/mol. The van der Waals surface area contributed by atoms with Crippen LogP contribution in [0.3, 0.4) is 0 Å². The van der Waals surface area contributed by atoms with Gasteiger partial charge in [0.15, 0.2) is 19.7 Å². The fourth-order valence-electron chi connectivity index (χ4n) is 4.80. The second-order valence-corrected chi connectivity index (χ2v) is 16.6. The van der Waals surface area contributed by atoms with Crippen LogP contribution in [0.5, 0.6) is 0 Å². The number of nitrogens with one attached hydrogen (secondary N) is 2. The minimum absolute atomic E-state index is 0.0235. The van der Waals surface area contributed by atoms with Gasteiger partial charge in [-0.2, -0.15) is 5.26 Å². The summed E-state index contributed by atoms with van der Waals surface area (Å²) in [6.07, 6.45) is 2.49. The van der Waals surface area contributed by atoms with Gasteiger partial charge in [0.05, 0.1) is 62.5 Å².